The van der Waals surface area contributed by atoms with E-state index in [0.717, 1.165) is 40.5 Å². The van der Waals surface area contributed by atoms with Crippen LogP contribution in [-0.2, 0) is 17.8 Å². The van der Waals surface area contributed by atoms with Gasteiger partial charge in [0.25, 0.3) is 0 Å². The van der Waals surface area contributed by atoms with Crippen molar-refractivity contribution in [3.63, 3.8) is 0 Å². The first-order valence-corrected chi connectivity index (χ1v) is 10.3. The normalized spacial score (nSPS) is 14.9. The number of aromatic nitrogens is 2. The Kier molecular flexibility index (Phi) is 6.10. The minimum atomic E-state index is 0.518. The molecule has 0 saturated heterocycles. The number of aromatic amines is 2. The van der Waals surface area contributed by atoms with Crippen molar-refractivity contribution in [3.05, 3.63) is 101 Å². The molecule has 0 spiro atoms. The lowest BCUT2D eigenvalue weighted by Crippen LogP contribution is -1.95. The Morgan fingerprint density at radius 2 is 1.90 bits per heavy atom. The van der Waals surface area contributed by atoms with E-state index < -0.39 is 0 Å². The van der Waals surface area contributed by atoms with Crippen LogP contribution in [0.4, 0.5) is 0 Å². The number of rotatable bonds is 9. The Morgan fingerprint density at radius 3 is 2.69 bits per heavy atom. The second kappa shape index (κ2) is 9.28. The molecule has 0 radical (unpaired) electrons. The number of benzene rings is 1. The average Bonchev–Trinajstić information content (AvgIpc) is 3.49. The van der Waals surface area contributed by atoms with E-state index in [2.05, 4.69) is 47.2 Å². The summed E-state index contributed by atoms with van der Waals surface area (Å²) in [5.41, 5.74) is 6.18. The molecule has 0 atom stereocenters. The van der Waals surface area contributed by atoms with Crippen molar-refractivity contribution in [2.75, 3.05) is 0 Å². The summed E-state index contributed by atoms with van der Waals surface area (Å²) in [7, 11) is 0. The fraction of sp³-hybridized carbons (Fsp3) is 0.240. The Labute approximate surface area is 172 Å². The van der Waals surface area contributed by atoms with Crippen molar-refractivity contribution in [2.24, 2.45) is 4.99 Å². The Bertz CT molecular complexity index is 1010. The van der Waals surface area contributed by atoms with Gasteiger partial charge in [0, 0.05) is 23.7 Å². The molecule has 0 saturated carbocycles. The largest absolute Gasteiger partial charge is 0.487 e. The zero-order valence-corrected chi connectivity index (χ0v) is 16.8. The van der Waals surface area contributed by atoms with Crippen LogP contribution in [-0.4, -0.2) is 15.7 Å². The zero-order valence-electron chi connectivity index (χ0n) is 16.8. The van der Waals surface area contributed by atoms with Gasteiger partial charge in [-0.25, -0.2) is 4.99 Å². The Morgan fingerprint density at radius 1 is 1.00 bits per heavy atom. The Balaban J connectivity index is 1.53. The second-order valence-corrected chi connectivity index (χ2v) is 7.29. The van der Waals surface area contributed by atoms with E-state index >= 15 is 0 Å². The first-order chi connectivity index (χ1) is 14.3. The van der Waals surface area contributed by atoms with E-state index in [1.54, 1.807) is 0 Å². The minimum Gasteiger partial charge on any atom is -0.487 e. The molecular formula is C25H27N3O. The number of nitrogens with one attached hydrogen (secondary N) is 2. The average molecular weight is 386 g/mol. The monoisotopic (exact) mass is 385 g/mol. The summed E-state index contributed by atoms with van der Waals surface area (Å²) < 4.78 is 6.14. The molecular weight excluding hydrogens is 358 g/mol. The molecule has 3 aromatic rings. The summed E-state index contributed by atoms with van der Waals surface area (Å²) in [5.74, 6) is 0.792. The lowest BCUT2D eigenvalue weighted by molar-refractivity contribution is 0.208. The molecule has 1 aromatic carbocycles. The van der Waals surface area contributed by atoms with Crippen LogP contribution >= 0.6 is 0 Å². The van der Waals surface area contributed by atoms with E-state index in [9.17, 15) is 0 Å². The van der Waals surface area contributed by atoms with Gasteiger partial charge in [0.1, 0.15) is 18.1 Å². The van der Waals surface area contributed by atoms with Crippen LogP contribution in [0.15, 0.2) is 83.3 Å². The fourth-order valence-electron chi connectivity index (χ4n) is 3.40. The van der Waals surface area contributed by atoms with E-state index in [1.807, 2.05) is 42.6 Å². The van der Waals surface area contributed by atoms with Gasteiger partial charge in [0.2, 0.25) is 0 Å². The topological polar surface area (TPSA) is 53.2 Å². The van der Waals surface area contributed by atoms with Gasteiger partial charge in [-0.1, -0.05) is 50.1 Å². The van der Waals surface area contributed by atoms with Crippen molar-refractivity contribution in [2.45, 2.75) is 39.2 Å². The molecule has 4 rings (SSSR count). The number of hydrogen-bond acceptors (Lipinski definition) is 2. The second-order valence-electron chi connectivity index (χ2n) is 7.29. The first kappa shape index (κ1) is 19.1. The van der Waals surface area contributed by atoms with E-state index in [0.29, 0.717) is 6.61 Å². The van der Waals surface area contributed by atoms with Gasteiger partial charge in [-0.2, -0.15) is 0 Å². The molecule has 4 heteroatoms. The van der Waals surface area contributed by atoms with Gasteiger partial charge in [0.05, 0.1) is 11.4 Å². The molecule has 2 aromatic heterocycles. The summed E-state index contributed by atoms with van der Waals surface area (Å²) in [4.78, 5) is 11.5. The fourth-order valence-corrected chi connectivity index (χ4v) is 3.40. The van der Waals surface area contributed by atoms with Crippen LogP contribution in [0.1, 0.15) is 48.8 Å². The number of aryl methyl sites for hydroxylation is 1. The molecule has 0 amide bonds. The van der Waals surface area contributed by atoms with Gasteiger partial charge in [-0.3, -0.25) is 0 Å². The number of aliphatic imine (C=N–C) groups is 1. The third-order valence-corrected chi connectivity index (χ3v) is 4.98. The van der Waals surface area contributed by atoms with Gasteiger partial charge < -0.3 is 14.7 Å². The van der Waals surface area contributed by atoms with E-state index in [-0.39, 0.29) is 0 Å². The number of nitrogens with zero attached hydrogens (tertiary/aromatic N) is 1. The number of unbranched alkanes of at least 4 members (excludes halogenated alkanes) is 2. The van der Waals surface area contributed by atoms with Crippen LogP contribution < -0.4 is 0 Å². The molecule has 1 aliphatic rings. The van der Waals surface area contributed by atoms with E-state index in [4.69, 9.17) is 9.73 Å². The van der Waals surface area contributed by atoms with Crippen molar-refractivity contribution < 1.29 is 4.74 Å². The lowest BCUT2D eigenvalue weighted by Gasteiger charge is -2.08. The summed E-state index contributed by atoms with van der Waals surface area (Å²) in [5, 5.41) is 0. The van der Waals surface area contributed by atoms with Gasteiger partial charge in [-0.05, 0) is 48.7 Å². The summed E-state index contributed by atoms with van der Waals surface area (Å²) >= 11 is 0. The number of H-pyrrole nitrogens is 2. The molecule has 0 fully saturated rings. The third kappa shape index (κ3) is 4.96. The van der Waals surface area contributed by atoms with Crippen LogP contribution in [0, 0.1) is 0 Å². The maximum Gasteiger partial charge on any atom is 0.147 e. The van der Waals surface area contributed by atoms with Crippen molar-refractivity contribution in [3.8, 4) is 0 Å². The Hall–Kier alpha value is -3.27. The number of hydrogen-bond donors (Lipinski definition) is 2. The van der Waals surface area contributed by atoms with Crippen molar-refractivity contribution in [1.29, 1.82) is 0 Å². The van der Waals surface area contributed by atoms with Gasteiger partial charge in [-0.15, -0.1) is 0 Å². The summed E-state index contributed by atoms with van der Waals surface area (Å²) in [6.45, 7) is 2.75. The quantitative estimate of drug-likeness (QED) is 0.435. The highest BCUT2D eigenvalue weighted by atomic mass is 16.5. The predicted molar refractivity (Wildman–Crippen MR) is 119 cm³/mol. The molecule has 0 bridgehead atoms. The highest BCUT2D eigenvalue weighted by Gasteiger charge is 2.18. The highest BCUT2D eigenvalue weighted by Crippen LogP contribution is 2.26. The van der Waals surface area contributed by atoms with Crippen molar-refractivity contribution >= 4 is 11.8 Å². The van der Waals surface area contributed by atoms with Crippen LogP contribution in [0.3, 0.4) is 0 Å². The SMILES string of the molecule is CCCCCc1ccc(/C=C2\N=C(c3ccc[nH]3)C=C2OCc2ccccc2)[nH]1. The lowest BCUT2D eigenvalue weighted by atomic mass is 10.2. The smallest absolute Gasteiger partial charge is 0.147 e. The standard InChI is InChI=1S/C25H27N3O/c1-2-3-5-11-20-13-14-21(27-20)16-24-25(29-18-19-9-6-4-7-10-19)17-23(28-24)22-12-8-15-26-22/h4,6-10,12-17,26-27H,2-3,5,11,18H2,1H3/b24-16-. The molecule has 2 N–H and O–H groups in total. The molecule has 3 heterocycles. The number of ether oxygens (including phenoxy) is 1. The third-order valence-electron chi connectivity index (χ3n) is 4.98. The molecule has 148 valence electrons. The van der Waals surface area contributed by atoms with Gasteiger partial charge >= 0.3 is 0 Å². The van der Waals surface area contributed by atoms with Crippen LogP contribution in [0.2, 0.25) is 0 Å². The summed E-state index contributed by atoms with van der Waals surface area (Å²) in [6.07, 6.45) is 10.8. The summed E-state index contributed by atoms with van der Waals surface area (Å²) in [6, 6.07) is 18.5. The maximum absolute atomic E-state index is 6.14. The maximum atomic E-state index is 6.14. The first-order valence-electron chi connectivity index (χ1n) is 10.3. The molecule has 29 heavy (non-hydrogen) atoms. The molecule has 1 aliphatic heterocycles. The molecule has 4 nitrogen and oxygen atoms in total. The molecule has 0 unspecified atom stereocenters. The van der Waals surface area contributed by atoms with Crippen LogP contribution in [0.25, 0.3) is 6.08 Å². The predicted octanol–water partition coefficient (Wildman–Crippen LogP) is 6.02. The number of allylic oxidation sites excluding steroid dienone is 1. The molecule has 0 aliphatic carbocycles. The van der Waals surface area contributed by atoms with Crippen molar-refractivity contribution in [1.82, 2.24) is 9.97 Å². The van der Waals surface area contributed by atoms with E-state index in [1.165, 1.54) is 25.0 Å². The van der Waals surface area contributed by atoms with Crippen LogP contribution in [0.5, 0.6) is 0 Å². The van der Waals surface area contributed by atoms with Gasteiger partial charge in [0.15, 0.2) is 0 Å². The highest BCUT2D eigenvalue weighted by molar-refractivity contribution is 6.11. The minimum absolute atomic E-state index is 0.518. The zero-order chi connectivity index (χ0) is 19.9.